The highest BCUT2D eigenvalue weighted by molar-refractivity contribution is 5.23. The first-order chi connectivity index (χ1) is 9.08. The van der Waals surface area contributed by atoms with Crippen molar-refractivity contribution in [3.63, 3.8) is 0 Å². The Morgan fingerprint density at radius 1 is 0.895 bits per heavy atom. The third-order valence-corrected chi connectivity index (χ3v) is 3.22. The van der Waals surface area contributed by atoms with Gasteiger partial charge in [-0.3, -0.25) is 0 Å². The summed E-state index contributed by atoms with van der Waals surface area (Å²) >= 11 is 0. The first kappa shape index (κ1) is 13.7. The Morgan fingerprint density at radius 2 is 1.63 bits per heavy atom. The fraction of sp³-hybridized carbons (Fsp3) is 0.250. The molecular formula is C16H17F2N. The van der Waals surface area contributed by atoms with Crippen molar-refractivity contribution < 1.29 is 8.78 Å². The molecule has 0 amide bonds. The quantitative estimate of drug-likeness (QED) is 0.861. The summed E-state index contributed by atoms with van der Waals surface area (Å²) in [4.78, 5) is 0. The molecule has 100 valence electrons. The lowest BCUT2D eigenvalue weighted by Crippen LogP contribution is -2.23. The minimum atomic E-state index is -0.260. The Labute approximate surface area is 112 Å². The fourth-order valence-electron chi connectivity index (χ4n) is 2.16. The Balaban J connectivity index is 2.11. The van der Waals surface area contributed by atoms with Crippen molar-refractivity contribution >= 4 is 0 Å². The van der Waals surface area contributed by atoms with Crippen LogP contribution < -0.4 is 5.32 Å². The molecule has 0 fully saturated rings. The van der Waals surface area contributed by atoms with Crippen molar-refractivity contribution in [3.05, 3.63) is 71.3 Å². The predicted molar refractivity (Wildman–Crippen MR) is 72.8 cm³/mol. The van der Waals surface area contributed by atoms with Crippen molar-refractivity contribution in [3.8, 4) is 0 Å². The molecule has 2 rings (SSSR count). The summed E-state index contributed by atoms with van der Waals surface area (Å²) in [5.74, 6) is -0.487. The van der Waals surface area contributed by atoms with E-state index in [4.69, 9.17) is 0 Å². The van der Waals surface area contributed by atoms with Gasteiger partial charge in [0.05, 0.1) is 0 Å². The Morgan fingerprint density at radius 3 is 2.32 bits per heavy atom. The molecule has 0 bridgehead atoms. The van der Waals surface area contributed by atoms with Crippen LogP contribution in [-0.2, 0) is 0 Å². The summed E-state index contributed by atoms with van der Waals surface area (Å²) in [5, 5.41) is 3.27. The number of halogens is 2. The molecule has 3 heteroatoms. The van der Waals surface area contributed by atoms with Gasteiger partial charge in [-0.2, -0.15) is 0 Å². The van der Waals surface area contributed by atoms with Crippen LogP contribution in [0.1, 0.15) is 37.1 Å². The summed E-state index contributed by atoms with van der Waals surface area (Å²) in [5.41, 5.74) is 1.47. The van der Waals surface area contributed by atoms with Crippen molar-refractivity contribution in [1.29, 1.82) is 0 Å². The maximum absolute atomic E-state index is 13.7. The molecule has 2 aromatic rings. The molecular weight excluding hydrogens is 244 g/mol. The van der Waals surface area contributed by atoms with Crippen LogP contribution in [0, 0.1) is 11.6 Å². The molecule has 1 unspecified atom stereocenters. The van der Waals surface area contributed by atoms with Crippen LogP contribution in [0.25, 0.3) is 0 Å². The summed E-state index contributed by atoms with van der Waals surface area (Å²) in [7, 11) is 0. The highest BCUT2D eigenvalue weighted by Crippen LogP contribution is 2.21. The van der Waals surface area contributed by atoms with E-state index in [1.54, 1.807) is 18.2 Å². The van der Waals surface area contributed by atoms with Crippen molar-refractivity contribution in [1.82, 2.24) is 5.32 Å². The van der Waals surface area contributed by atoms with E-state index in [1.807, 2.05) is 26.0 Å². The molecule has 0 saturated carbocycles. The van der Waals surface area contributed by atoms with Gasteiger partial charge in [0.25, 0.3) is 0 Å². The lowest BCUT2D eigenvalue weighted by molar-refractivity contribution is 0.472. The Kier molecular flexibility index (Phi) is 4.27. The van der Waals surface area contributed by atoms with E-state index < -0.39 is 0 Å². The van der Waals surface area contributed by atoms with E-state index in [-0.39, 0.29) is 23.7 Å². The lowest BCUT2D eigenvalue weighted by Gasteiger charge is -2.21. The van der Waals surface area contributed by atoms with Gasteiger partial charge in [-0.1, -0.05) is 30.3 Å². The first-order valence-electron chi connectivity index (χ1n) is 6.34. The third-order valence-electron chi connectivity index (χ3n) is 3.22. The largest absolute Gasteiger partial charge is 0.304 e. The van der Waals surface area contributed by atoms with Gasteiger partial charge < -0.3 is 5.32 Å². The van der Waals surface area contributed by atoms with Gasteiger partial charge in [-0.15, -0.1) is 0 Å². The summed E-state index contributed by atoms with van der Waals surface area (Å²) in [6, 6.07) is 12.9. The van der Waals surface area contributed by atoms with Crippen LogP contribution >= 0.6 is 0 Å². The minimum absolute atomic E-state index is 0.0506. The normalized spacial score (nSPS) is 14.1. The summed E-state index contributed by atoms with van der Waals surface area (Å²) in [6.07, 6.45) is 0. The smallest absolute Gasteiger partial charge is 0.127 e. The van der Waals surface area contributed by atoms with Crippen LogP contribution in [0.3, 0.4) is 0 Å². The van der Waals surface area contributed by atoms with Crippen LogP contribution in [0.15, 0.2) is 48.5 Å². The third kappa shape index (κ3) is 3.38. The van der Waals surface area contributed by atoms with E-state index in [1.165, 1.54) is 18.2 Å². The SMILES string of the molecule is CC(N[C@H](C)c1ccccc1F)c1cccc(F)c1. The zero-order chi connectivity index (χ0) is 13.8. The van der Waals surface area contributed by atoms with Gasteiger partial charge in [0, 0.05) is 17.6 Å². The number of hydrogen-bond donors (Lipinski definition) is 1. The highest BCUT2D eigenvalue weighted by Gasteiger charge is 2.14. The molecule has 1 nitrogen and oxygen atoms in total. The van der Waals surface area contributed by atoms with E-state index in [2.05, 4.69) is 5.32 Å². The second-order valence-corrected chi connectivity index (χ2v) is 4.69. The van der Waals surface area contributed by atoms with E-state index >= 15 is 0 Å². The molecule has 0 spiro atoms. The van der Waals surface area contributed by atoms with Crippen LogP contribution in [-0.4, -0.2) is 0 Å². The van der Waals surface area contributed by atoms with Crippen molar-refractivity contribution in [2.75, 3.05) is 0 Å². The van der Waals surface area contributed by atoms with Crippen molar-refractivity contribution in [2.24, 2.45) is 0 Å². The molecule has 19 heavy (non-hydrogen) atoms. The maximum Gasteiger partial charge on any atom is 0.127 e. The molecule has 2 atom stereocenters. The Hall–Kier alpha value is -1.74. The van der Waals surface area contributed by atoms with Gasteiger partial charge >= 0.3 is 0 Å². The zero-order valence-electron chi connectivity index (χ0n) is 11.0. The summed E-state index contributed by atoms with van der Waals surface area (Å²) < 4.78 is 26.8. The average molecular weight is 261 g/mol. The highest BCUT2D eigenvalue weighted by atomic mass is 19.1. The van der Waals surface area contributed by atoms with Crippen LogP contribution in [0.2, 0.25) is 0 Å². The second-order valence-electron chi connectivity index (χ2n) is 4.69. The molecule has 0 heterocycles. The number of benzene rings is 2. The van der Waals surface area contributed by atoms with Gasteiger partial charge in [-0.25, -0.2) is 8.78 Å². The Bertz CT molecular complexity index is 554. The summed E-state index contributed by atoms with van der Waals surface area (Å²) in [6.45, 7) is 3.83. The average Bonchev–Trinajstić information content (AvgIpc) is 2.39. The van der Waals surface area contributed by atoms with Crippen molar-refractivity contribution in [2.45, 2.75) is 25.9 Å². The predicted octanol–water partition coefficient (Wildman–Crippen LogP) is 4.38. The standard InChI is InChI=1S/C16H17F2N/c1-11(13-6-5-7-14(17)10-13)19-12(2)15-8-3-4-9-16(15)18/h3-12,19H,1-2H3/t11?,12-/m1/s1. The maximum atomic E-state index is 13.7. The van der Waals surface area contributed by atoms with E-state index in [9.17, 15) is 8.78 Å². The first-order valence-corrected chi connectivity index (χ1v) is 6.34. The number of nitrogens with one attached hydrogen (secondary N) is 1. The number of rotatable bonds is 4. The fourth-order valence-corrected chi connectivity index (χ4v) is 2.16. The molecule has 0 aliphatic rings. The molecule has 2 aromatic carbocycles. The molecule has 1 N–H and O–H groups in total. The molecule has 0 aliphatic heterocycles. The van der Waals surface area contributed by atoms with E-state index in [0.29, 0.717) is 5.56 Å². The van der Waals surface area contributed by atoms with Gasteiger partial charge in [-0.05, 0) is 37.6 Å². The minimum Gasteiger partial charge on any atom is -0.304 e. The molecule has 0 aromatic heterocycles. The number of hydrogen-bond acceptors (Lipinski definition) is 1. The monoisotopic (exact) mass is 261 g/mol. The van der Waals surface area contributed by atoms with E-state index in [0.717, 1.165) is 5.56 Å². The molecule has 0 saturated heterocycles. The topological polar surface area (TPSA) is 12.0 Å². The molecule has 0 aliphatic carbocycles. The molecule has 0 radical (unpaired) electrons. The van der Waals surface area contributed by atoms with Crippen LogP contribution in [0.5, 0.6) is 0 Å². The zero-order valence-corrected chi connectivity index (χ0v) is 11.0. The lowest BCUT2D eigenvalue weighted by atomic mass is 10.0. The van der Waals surface area contributed by atoms with Gasteiger partial charge in [0.1, 0.15) is 11.6 Å². The van der Waals surface area contributed by atoms with Crippen LogP contribution in [0.4, 0.5) is 8.78 Å². The second kappa shape index (κ2) is 5.93. The van der Waals surface area contributed by atoms with Gasteiger partial charge in [0.15, 0.2) is 0 Å². The van der Waals surface area contributed by atoms with Gasteiger partial charge in [0.2, 0.25) is 0 Å².